The van der Waals surface area contributed by atoms with E-state index in [-0.39, 0.29) is 17.5 Å². The van der Waals surface area contributed by atoms with E-state index < -0.39 is 5.97 Å². The summed E-state index contributed by atoms with van der Waals surface area (Å²) in [5.74, 6) is -0.435. The molecule has 0 saturated heterocycles. The Morgan fingerprint density at radius 1 is 1.53 bits per heavy atom. The molecule has 1 heterocycles. The quantitative estimate of drug-likeness (QED) is 0.724. The van der Waals surface area contributed by atoms with Gasteiger partial charge in [0.05, 0.1) is 7.11 Å². The maximum atomic E-state index is 11.3. The number of anilines is 1. The minimum absolute atomic E-state index is 0.130. The van der Waals surface area contributed by atoms with Crippen molar-refractivity contribution < 1.29 is 14.3 Å². The van der Waals surface area contributed by atoms with E-state index in [2.05, 4.69) is 20.3 Å². The lowest BCUT2D eigenvalue weighted by Crippen LogP contribution is -2.17. The van der Waals surface area contributed by atoms with Gasteiger partial charge in [-0.2, -0.15) is 5.10 Å². The van der Waals surface area contributed by atoms with Gasteiger partial charge in [0.1, 0.15) is 5.82 Å². The number of hydrogen-bond acceptors (Lipinski definition) is 4. The number of aromatic amines is 1. The molecule has 0 spiro atoms. The van der Waals surface area contributed by atoms with E-state index in [1.807, 2.05) is 0 Å². The molecular formula is C9H13N3O3. The van der Waals surface area contributed by atoms with Gasteiger partial charge in [0, 0.05) is 12.0 Å². The summed E-state index contributed by atoms with van der Waals surface area (Å²) in [6.07, 6.45) is 0. The number of aromatic nitrogens is 2. The van der Waals surface area contributed by atoms with Crippen molar-refractivity contribution in [3.63, 3.8) is 0 Å². The second-order valence-electron chi connectivity index (χ2n) is 3.30. The van der Waals surface area contributed by atoms with Crippen molar-refractivity contribution >= 4 is 17.7 Å². The highest BCUT2D eigenvalue weighted by molar-refractivity contribution is 5.93. The lowest BCUT2D eigenvalue weighted by Gasteiger charge is -2.03. The number of hydrogen-bond donors (Lipinski definition) is 2. The van der Waals surface area contributed by atoms with Crippen LogP contribution < -0.4 is 5.32 Å². The number of rotatable bonds is 3. The molecule has 0 aliphatic carbocycles. The number of amides is 1. The van der Waals surface area contributed by atoms with Crippen molar-refractivity contribution in [2.45, 2.75) is 13.8 Å². The Bertz CT molecular complexity index is 370. The third-order valence-electron chi connectivity index (χ3n) is 1.75. The third kappa shape index (κ3) is 2.80. The number of methoxy groups -OCH3 is 1. The Morgan fingerprint density at radius 3 is 2.73 bits per heavy atom. The molecule has 82 valence electrons. The number of nitrogens with one attached hydrogen (secondary N) is 2. The highest BCUT2D eigenvalue weighted by Gasteiger charge is 2.13. The molecule has 1 aromatic rings. The first-order valence-corrected chi connectivity index (χ1v) is 4.49. The summed E-state index contributed by atoms with van der Waals surface area (Å²) in [6, 6.07) is 1.42. The molecule has 15 heavy (non-hydrogen) atoms. The zero-order valence-electron chi connectivity index (χ0n) is 8.83. The molecule has 6 nitrogen and oxygen atoms in total. The molecule has 1 amide bonds. The fourth-order valence-corrected chi connectivity index (χ4v) is 0.872. The first-order chi connectivity index (χ1) is 7.04. The van der Waals surface area contributed by atoms with Gasteiger partial charge in [0.2, 0.25) is 5.91 Å². The van der Waals surface area contributed by atoms with E-state index in [9.17, 15) is 9.59 Å². The van der Waals surface area contributed by atoms with Crippen LogP contribution in [-0.2, 0) is 9.53 Å². The van der Waals surface area contributed by atoms with Gasteiger partial charge in [0.15, 0.2) is 5.69 Å². The minimum Gasteiger partial charge on any atom is -0.464 e. The minimum atomic E-state index is -0.545. The Morgan fingerprint density at radius 2 is 2.20 bits per heavy atom. The van der Waals surface area contributed by atoms with E-state index in [1.165, 1.54) is 13.2 Å². The summed E-state index contributed by atoms with van der Waals surface area (Å²) in [7, 11) is 1.27. The monoisotopic (exact) mass is 211 g/mol. The van der Waals surface area contributed by atoms with Crippen LogP contribution in [0.3, 0.4) is 0 Å². The number of ether oxygens (including phenoxy) is 1. The second kappa shape index (κ2) is 4.59. The normalized spacial score (nSPS) is 10.1. The molecule has 0 aromatic carbocycles. The summed E-state index contributed by atoms with van der Waals surface area (Å²) in [5, 5.41) is 8.79. The molecule has 1 rings (SSSR count). The van der Waals surface area contributed by atoms with E-state index in [1.54, 1.807) is 13.8 Å². The number of carbonyl (C=O) groups is 2. The molecule has 0 aliphatic heterocycles. The van der Waals surface area contributed by atoms with Gasteiger partial charge in [0.25, 0.3) is 0 Å². The van der Waals surface area contributed by atoms with Crippen LogP contribution in [0.5, 0.6) is 0 Å². The summed E-state index contributed by atoms with van der Waals surface area (Å²) in [6.45, 7) is 3.54. The van der Waals surface area contributed by atoms with Crippen molar-refractivity contribution in [3.8, 4) is 0 Å². The Balaban J connectivity index is 2.69. The van der Waals surface area contributed by atoms with Crippen molar-refractivity contribution in [1.82, 2.24) is 10.2 Å². The number of H-pyrrole nitrogens is 1. The molecule has 6 heteroatoms. The number of esters is 1. The van der Waals surface area contributed by atoms with Gasteiger partial charge in [-0.15, -0.1) is 0 Å². The number of carbonyl (C=O) groups excluding carboxylic acids is 2. The molecule has 2 N–H and O–H groups in total. The van der Waals surface area contributed by atoms with E-state index in [4.69, 9.17) is 0 Å². The molecule has 0 bridgehead atoms. The zero-order chi connectivity index (χ0) is 11.4. The molecular weight excluding hydrogens is 198 g/mol. The van der Waals surface area contributed by atoms with Gasteiger partial charge >= 0.3 is 5.97 Å². The average Bonchev–Trinajstić information content (AvgIpc) is 2.65. The fraction of sp³-hybridized carbons (Fsp3) is 0.444. The van der Waals surface area contributed by atoms with Gasteiger partial charge in [-0.25, -0.2) is 4.79 Å². The molecule has 0 fully saturated rings. The summed E-state index contributed by atoms with van der Waals surface area (Å²) < 4.78 is 4.47. The Kier molecular flexibility index (Phi) is 3.43. The van der Waals surface area contributed by atoms with E-state index in [0.717, 1.165) is 0 Å². The lowest BCUT2D eigenvalue weighted by atomic mass is 10.2. The van der Waals surface area contributed by atoms with Gasteiger partial charge < -0.3 is 10.1 Å². The van der Waals surface area contributed by atoms with Crippen LogP contribution in [0, 0.1) is 5.92 Å². The maximum Gasteiger partial charge on any atom is 0.358 e. The topological polar surface area (TPSA) is 84.1 Å². The Labute approximate surface area is 87.0 Å². The highest BCUT2D eigenvalue weighted by atomic mass is 16.5. The number of nitrogens with zero attached hydrogens (tertiary/aromatic N) is 1. The van der Waals surface area contributed by atoms with Gasteiger partial charge in [-0.1, -0.05) is 13.8 Å². The van der Waals surface area contributed by atoms with Crippen LogP contribution in [0.2, 0.25) is 0 Å². The van der Waals surface area contributed by atoms with E-state index >= 15 is 0 Å². The molecule has 0 radical (unpaired) electrons. The predicted octanol–water partition coefficient (Wildman–Crippen LogP) is 0.791. The van der Waals surface area contributed by atoms with Crippen molar-refractivity contribution in [2.75, 3.05) is 12.4 Å². The van der Waals surface area contributed by atoms with Crippen LogP contribution in [0.25, 0.3) is 0 Å². The van der Waals surface area contributed by atoms with Crippen LogP contribution in [0.15, 0.2) is 6.07 Å². The molecule has 0 atom stereocenters. The SMILES string of the molecule is COC(=O)c1cc(NC(=O)C(C)C)[nH]n1. The predicted molar refractivity (Wildman–Crippen MR) is 53.4 cm³/mol. The molecule has 0 aliphatic rings. The summed E-state index contributed by atoms with van der Waals surface area (Å²) >= 11 is 0. The second-order valence-corrected chi connectivity index (χ2v) is 3.30. The largest absolute Gasteiger partial charge is 0.464 e. The highest BCUT2D eigenvalue weighted by Crippen LogP contribution is 2.07. The molecule has 1 aromatic heterocycles. The lowest BCUT2D eigenvalue weighted by molar-refractivity contribution is -0.118. The van der Waals surface area contributed by atoms with Crippen LogP contribution in [0.4, 0.5) is 5.82 Å². The van der Waals surface area contributed by atoms with Crippen LogP contribution in [-0.4, -0.2) is 29.2 Å². The maximum absolute atomic E-state index is 11.3. The summed E-state index contributed by atoms with van der Waals surface area (Å²) in [5.41, 5.74) is 0.136. The van der Waals surface area contributed by atoms with Gasteiger partial charge in [-0.05, 0) is 0 Å². The smallest absolute Gasteiger partial charge is 0.358 e. The van der Waals surface area contributed by atoms with Crippen molar-refractivity contribution in [1.29, 1.82) is 0 Å². The fourth-order valence-electron chi connectivity index (χ4n) is 0.872. The van der Waals surface area contributed by atoms with Gasteiger partial charge in [-0.3, -0.25) is 9.89 Å². The third-order valence-corrected chi connectivity index (χ3v) is 1.75. The Hall–Kier alpha value is -1.85. The molecule has 0 saturated carbocycles. The van der Waals surface area contributed by atoms with Crippen LogP contribution >= 0.6 is 0 Å². The van der Waals surface area contributed by atoms with Crippen LogP contribution in [0.1, 0.15) is 24.3 Å². The van der Waals surface area contributed by atoms with E-state index in [0.29, 0.717) is 5.82 Å². The first kappa shape index (κ1) is 11.2. The van der Waals surface area contributed by atoms with Crippen molar-refractivity contribution in [3.05, 3.63) is 11.8 Å². The standard InChI is InChI=1S/C9H13N3O3/c1-5(2)8(13)10-7-4-6(11-12-7)9(14)15-3/h4-5H,1-3H3,(H2,10,11,12,13). The zero-order valence-corrected chi connectivity index (χ0v) is 8.83. The molecule has 0 unspecified atom stereocenters. The average molecular weight is 211 g/mol. The van der Waals surface area contributed by atoms with Crippen molar-refractivity contribution in [2.24, 2.45) is 5.92 Å². The summed E-state index contributed by atoms with van der Waals surface area (Å²) in [4.78, 5) is 22.3. The first-order valence-electron chi connectivity index (χ1n) is 4.49.